The Labute approximate surface area is 94.0 Å². The summed E-state index contributed by atoms with van der Waals surface area (Å²) in [4.78, 5) is 31.9. The second-order valence-corrected chi connectivity index (χ2v) is 4.25. The highest BCUT2D eigenvalue weighted by molar-refractivity contribution is 5.74. The number of rotatable bonds is 5. The first kappa shape index (κ1) is 14.4. The zero-order chi connectivity index (χ0) is 12.8. The first-order valence-corrected chi connectivity index (χ1v) is 4.83. The lowest BCUT2D eigenvalue weighted by atomic mass is 10.2. The Bertz CT molecular complexity index is 269. The third-order valence-corrected chi connectivity index (χ3v) is 1.48. The molecule has 6 nitrogen and oxygen atoms in total. The van der Waals surface area contributed by atoms with E-state index in [1.807, 2.05) is 0 Å². The molecule has 0 aliphatic carbocycles. The summed E-state index contributed by atoms with van der Waals surface area (Å²) in [7, 11) is 0. The van der Waals surface area contributed by atoms with Gasteiger partial charge in [0, 0.05) is 6.42 Å². The van der Waals surface area contributed by atoms with Crippen molar-refractivity contribution in [1.29, 1.82) is 0 Å². The molecule has 0 saturated carbocycles. The molecule has 0 fully saturated rings. The van der Waals surface area contributed by atoms with Gasteiger partial charge in [-0.25, -0.2) is 4.79 Å². The van der Waals surface area contributed by atoms with E-state index >= 15 is 0 Å². The van der Waals surface area contributed by atoms with Crippen LogP contribution in [0.1, 0.15) is 33.6 Å². The molecule has 1 atom stereocenters. The van der Waals surface area contributed by atoms with Gasteiger partial charge in [-0.2, -0.15) is 0 Å². The number of carbonyl (C=O) groups is 2. The van der Waals surface area contributed by atoms with Gasteiger partial charge in [-0.3, -0.25) is 9.59 Å². The third-order valence-electron chi connectivity index (χ3n) is 1.48. The molecule has 0 aromatic carbocycles. The van der Waals surface area contributed by atoms with Crippen molar-refractivity contribution in [3.63, 3.8) is 0 Å². The molecular formula is C10H16NO5. The van der Waals surface area contributed by atoms with Gasteiger partial charge in [-0.05, 0) is 27.2 Å². The molecule has 0 unspecified atom stereocenters. The Hall–Kier alpha value is -1.59. The summed E-state index contributed by atoms with van der Waals surface area (Å²) in [5, 5.41) is 10.6. The highest BCUT2D eigenvalue weighted by Crippen LogP contribution is 2.07. The largest absolute Gasteiger partial charge is 0.481 e. The van der Waals surface area contributed by atoms with E-state index in [0.717, 1.165) is 0 Å². The van der Waals surface area contributed by atoms with E-state index in [9.17, 15) is 14.4 Å². The van der Waals surface area contributed by atoms with Crippen LogP contribution in [0, 0.1) is 0 Å². The minimum absolute atomic E-state index is 0.00191. The van der Waals surface area contributed by atoms with E-state index in [-0.39, 0.29) is 12.8 Å². The molecule has 0 aromatic heterocycles. The molecule has 0 aromatic rings. The van der Waals surface area contributed by atoms with Crippen molar-refractivity contribution in [2.24, 2.45) is 0 Å². The van der Waals surface area contributed by atoms with Crippen molar-refractivity contribution >= 4 is 18.3 Å². The SMILES string of the molecule is CC(C)(C)OC(=O)N[C@H]([C]=O)CCC(=O)O. The molecule has 0 rings (SSSR count). The van der Waals surface area contributed by atoms with Crippen LogP contribution in [0.3, 0.4) is 0 Å². The maximum absolute atomic E-state index is 11.2. The summed E-state index contributed by atoms with van der Waals surface area (Å²) in [6, 6.07) is -0.953. The van der Waals surface area contributed by atoms with Crippen LogP contribution >= 0.6 is 0 Å². The summed E-state index contributed by atoms with van der Waals surface area (Å²) < 4.78 is 4.90. The highest BCUT2D eigenvalue weighted by Gasteiger charge is 2.19. The average Bonchev–Trinajstić information content (AvgIpc) is 2.08. The fourth-order valence-electron chi connectivity index (χ4n) is 0.878. The van der Waals surface area contributed by atoms with Crippen LogP contribution in [0.5, 0.6) is 0 Å². The summed E-state index contributed by atoms with van der Waals surface area (Å²) in [5.74, 6) is -1.04. The number of alkyl carbamates (subject to hydrolysis) is 1. The number of aliphatic carboxylic acids is 1. The maximum atomic E-state index is 11.2. The van der Waals surface area contributed by atoms with Crippen molar-refractivity contribution < 1.29 is 24.2 Å². The molecule has 0 aliphatic rings. The van der Waals surface area contributed by atoms with Gasteiger partial charge in [0.15, 0.2) is 0 Å². The normalized spacial score (nSPS) is 12.7. The Balaban J connectivity index is 4.07. The smallest absolute Gasteiger partial charge is 0.408 e. The van der Waals surface area contributed by atoms with Crippen molar-refractivity contribution in [2.45, 2.75) is 45.3 Å². The fraction of sp³-hybridized carbons (Fsp3) is 0.700. The first-order chi connectivity index (χ1) is 7.24. The summed E-state index contributed by atoms with van der Waals surface area (Å²) >= 11 is 0. The Morgan fingerprint density at radius 2 is 2.00 bits per heavy atom. The molecule has 6 heteroatoms. The minimum atomic E-state index is -1.04. The van der Waals surface area contributed by atoms with Crippen LogP contribution in [0.25, 0.3) is 0 Å². The quantitative estimate of drug-likeness (QED) is 0.730. The molecule has 0 spiro atoms. The summed E-state index contributed by atoms with van der Waals surface area (Å²) in [6.45, 7) is 5.05. The lowest BCUT2D eigenvalue weighted by molar-refractivity contribution is -0.137. The molecule has 0 aliphatic heterocycles. The van der Waals surface area contributed by atoms with Crippen LogP contribution in [-0.2, 0) is 14.3 Å². The molecule has 2 N–H and O–H groups in total. The lowest BCUT2D eigenvalue weighted by Gasteiger charge is -2.21. The second-order valence-electron chi connectivity index (χ2n) is 4.25. The topological polar surface area (TPSA) is 92.7 Å². The number of ether oxygens (including phenoxy) is 1. The summed E-state index contributed by atoms with van der Waals surface area (Å²) in [6.07, 6.45) is 0.576. The van der Waals surface area contributed by atoms with E-state index in [2.05, 4.69) is 5.32 Å². The van der Waals surface area contributed by atoms with Gasteiger partial charge in [0.2, 0.25) is 6.29 Å². The number of hydrogen-bond acceptors (Lipinski definition) is 4. The second kappa shape index (κ2) is 6.09. The summed E-state index contributed by atoms with van der Waals surface area (Å²) in [5.41, 5.74) is -0.662. The average molecular weight is 230 g/mol. The number of carbonyl (C=O) groups excluding carboxylic acids is 2. The van der Waals surface area contributed by atoms with E-state index < -0.39 is 23.7 Å². The Kier molecular flexibility index (Phi) is 5.49. The monoisotopic (exact) mass is 230 g/mol. The zero-order valence-electron chi connectivity index (χ0n) is 9.57. The number of carboxylic acids is 1. The van der Waals surface area contributed by atoms with Crippen LogP contribution in [-0.4, -0.2) is 35.1 Å². The van der Waals surface area contributed by atoms with Gasteiger partial charge in [0.05, 0.1) is 6.04 Å². The van der Waals surface area contributed by atoms with Crippen LogP contribution in [0.15, 0.2) is 0 Å². The van der Waals surface area contributed by atoms with Crippen molar-refractivity contribution in [3.05, 3.63) is 0 Å². The third kappa shape index (κ3) is 7.78. The van der Waals surface area contributed by atoms with Gasteiger partial charge >= 0.3 is 12.1 Å². The van der Waals surface area contributed by atoms with E-state index in [1.165, 1.54) is 0 Å². The zero-order valence-corrected chi connectivity index (χ0v) is 9.57. The number of carboxylic acid groups (broad SMARTS) is 1. The number of amides is 1. The molecule has 0 heterocycles. The van der Waals surface area contributed by atoms with Crippen LogP contribution in [0.4, 0.5) is 4.79 Å². The lowest BCUT2D eigenvalue weighted by Crippen LogP contribution is -2.40. The van der Waals surface area contributed by atoms with E-state index in [0.29, 0.717) is 0 Å². The van der Waals surface area contributed by atoms with Gasteiger partial charge in [-0.15, -0.1) is 0 Å². The molecular weight excluding hydrogens is 214 g/mol. The molecule has 1 radical (unpaired) electrons. The molecule has 91 valence electrons. The number of nitrogens with one attached hydrogen (secondary N) is 1. The Morgan fingerprint density at radius 1 is 1.44 bits per heavy atom. The van der Waals surface area contributed by atoms with Crippen molar-refractivity contribution in [2.75, 3.05) is 0 Å². The van der Waals surface area contributed by atoms with Crippen LogP contribution in [0.2, 0.25) is 0 Å². The molecule has 0 saturated heterocycles. The first-order valence-electron chi connectivity index (χ1n) is 4.83. The van der Waals surface area contributed by atoms with Crippen molar-refractivity contribution in [1.82, 2.24) is 5.32 Å². The standard InChI is InChI=1S/C10H16NO5/c1-10(2,3)16-9(15)11-7(6-12)4-5-8(13)14/h7H,4-5H2,1-3H3,(H,11,15)(H,13,14)/t7-/m0/s1. The Morgan fingerprint density at radius 3 is 2.38 bits per heavy atom. The van der Waals surface area contributed by atoms with Gasteiger partial charge < -0.3 is 15.2 Å². The minimum Gasteiger partial charge on any atom is -0.481 e. The predicted octanol–water partition coefficient (Wildman–Crippen LogP) is 0.854. The van der Waals surface area contributed by atoms with Crippen LogP contribution < -0.4 is 5.32 Å². The van der Waals surface area contributed by atoms with Gasteiger partial charge in [0.1, 0.15) is 5.60 Å². The predicted molar refractivity (Wildman–Crippen MR) is 55.7 cm³/mol. The molecule has 16 heavy (non-hydrogen) atoms. The van der Waals surface area contributed by atoms with Gasteiger partial charge in [-0.1, -0.05) is 0 Å². The maximum Gasteiger partial charge on any atom is 0.408 e. The van der Waals surface area contributed by atoms with Gasteiger partial charge in [0.25, 0.3) is 0 Å². The molecule has 0 bridgehead atoms. The molecule has 1 amide bonds. The number of hydrogen-bond donors (Lipinski definition) is 2. The highest BCUT2D eigenvalue weighted by atomic mass is 16.6. The fourth-order valence-corrected chi connectivity index (χ4v) is 0.878. The van der Waals surface area contributed by atoms with Crippen molar-refractivity contribution in [3.8, 4) is 0 Å². The van der Waals surface area contributed by atoms with E-state index in [1.54, 1.807) is 27.1 Å². The van der Waals surface area contributed by atoms with E-state index in [4.69, 9.17) is 9.84 Å².